The average molecular weight is 511 g/mol. The number of pyridine rings is 1. The molecule has 3 heterocycles. The fourth-order valence-corrected chi connectivity index (χ4v) is 4.29. The first-order valence-electron chi connectivity index (χ1n) is 12.2. The average Bonchev–Trinajstić information content (AvgIpc) is 3.38. The molecule has 192 valence electrons. The molecule has 0 bridgehead atoms. The van der Waals surface area contributed by atoms with Gasteiger partial charge in [0.2, 0.25) is 5.91 Å². The fourth-order valence-electron chi connectivity index (χ4n) is 4.29. The number of aliphatic hydroxyl groups excluding tert-OH is 1. The van der Waals surface area contributed by atoms with Crippen molar-refractivity contribution in [3.8, 4) is 11.3 Å². The number of nitrogens with zero attached hydrogens (tertiary/aromatic N) is 3. The van der Waals surface area contributed by atoms with Crippen LogP contribution in [0.4, 0.5) is 11.5 Å². The van der Waals surface area contributed by atoms with Gasteiger partial charge in [-0.2, -0.15) is 5.10 Å². The summed E-state index contributed by atoms with van der Waals surface area (Å²) in [5, 5.41) is 21.0. The number of fused-ring (bicyclic) bond motifs is 1. The summed E-state index contributed by atoms with van der Waals surface area (Å²) in [4.78, 5) is 43.4. The standard InChI is InChI=1S/C28H26N6O4/c35-11-10-29-27(37)20-8-9-25(30-15-20)31-24-14-23(32-33-28(24)38)19-7-3-4-18(12-19)13-26(36)34-16-21-5-1-2-6-22(21)17-34/h1-9,12,14-15,35H,10-11,13,16-17H2,(H,29,37)(H,33,38)(H,30,31,32). The molecule has 2 amide bonds. The van der Waals surface area contributed by atoms with Gasteiger partial charge in [0.1, 0.15) is 11.5 Å². The molecule has 0 atom stereocenters. The Bertz CT molecular complexity index is 1510. The lowest BCUT2D eigenvalue weighted by Crippen LogP contribution is -2.26. The summed E-state index contributed by atoms with van der Waals surface area (Å²) in [7, 11) is 0. The Morgan fingerprint density at radius 1 is 1.00 bits per heavy atom. The van der Waals surface area contributed by atoms with E-state index in [4.69, 9.17) is 5.11 Å². The number of aliphatic hydroxyl groups is 1. The van der Waals surface area contributed by atoms with Crippen LogP contribution < -0.4 is 16.2 Å². The molecule has 4 aromatic rings. The molecule has 4 N–H and O–H groups in total. The summed E-state index contributed by atoms with van der Waals surface area (Å²) in [5.74, 6) is 0.0711. The van der Waals surface area contributed by atoms with Crippen LogP contribution in [0.5, 0.6) is 0 Å². The number of anilines is 2. The second-order valence-corrected chi connectivity index (χ2v) is 8.93. The number of hydrogen-bond acceptors (Lipinski definition) is 7. The smallest absolute Gasteiger partial charge is 0.287 e. The molecule has 0 spiro atoms. The molecule has 0 saturated carbocycles. The first-order valence-corrected chi connectivity index (χ1v) is 12.2. The third-order valence-electron chi connectivity index (χ3n) is 6.26. The van der Waals surface area contributed by atoms with Crippen LogP contribution in [-0.2, 0) is 24.3 Å². The number of carbonyl (C=O) groups excluding carboxylic acids is 2. The van der Waals surface area contributed by atoms with Crippen molar-refractivity contribution in [2.75, 3.05) is 18.5 Å². The number of hydrogen-bond donors (Lipinski definition) is 4. The highest BCUT2D eigenvalue weighted by Crippen LogP contribution is 2.24. The van der Waals surface area contributed by atoms with E-state index in [1.54, 1.807) is 18.2 Å². The van der Waals surface area contributed by atoms with E-state index in [9.17, 15) is 14.4 Å². The first kappa shape index (κ1) is 24.8. The van der Waals surface area contributed by atoms with E-state index in [1.807, 2.05) is 41.3 Å². The Kier molecular flexibility index (Phi) is 7.23. The lowest BCUT2D eigenvalue weighted by molar-refractivity contribution is -0.131. The number of benzene rings is 2. The monoisotopic (exact) mass is 510 g/mol. The third-order valence-corrected chi connectivity index (χ3v) is 6.26. The summed E-state index contributed by atoms with van der Waals surface area (Å²) >= 11 is 0. The molecule has 10 nitrogen and oxygen atoms in total. The van der Waals surface area contributed by atoms with Crippen LogP contribution in [0.2, 0.25) is 0 Å². The Morgan fingerprint density at radius 3 is 2.50 bits per heavy atom. The number of amides is 2. The van der Waals surface area contributed by atoms with Crippen molar-refractivity contribution in [1.82, 2.24) is 25.4 Å². The van der Waals surface area contributed by atoms with Crippen LogP contribution in [-0.4, -0.2) is 50.2 Å². The van der Waals surface area contributed by atoms with Crippen LogP contribution in [0.25, 0.3) is 11.3 Å². The van der Waals surface area contributed by atoms with Crippen molar-refractivity contribution in [3.05, 3.63) is 106 Å². The molecule has 2 aromatic heterocycles. The van der Waals surface area contributed by atoms with Crippen molar-refractivity contribution in [3.63, 3.8) is 0 Å². The summed E-state index contributed by atoms with van der Waals surface area (Å²) in [6, 6.07) is 20.4. The molecule has 0 saturated heterocycles. The van der Waals surface area contributed by atoms with Gasteiger partial charge in [0.05, 0.1) is 24.3 Å². The van der Waals surface area contributed by atoms with Crippen molar-refractivity contribution in [2.24, 2.45) is 0 Å². The van der Waals surface area contributed by atoms with Gasteiger partial charge in [0, 0.05) is 31.4 Å². The fraction of sp³-hybridized carbons (Fsp3) is 0.179. The van der Waals surface area contributed by atoms with Gasteiger partial charge in [-0.3, -0.25) is 14.4 Å². The van der Waals surface area contributed by atoms with Crippen molar-refractivity contribution >= 4 is 23.3 Å². The number of aromatic amines is 1. The van der Waals surface area contributed by atoms with Crippen molar-refractivity contribution < 1.29 is 14.7 Å². The molecular weight excluding hydrogens is 484 g/mol. The number of aromatic nitrogens is 3. The van der Waals surface area contributed by atoms with Crippen LogP contribution in [0.1, 0.15) is 27.0 Å². The summed E-state index contributed by atoms with van der Waals surface area (Å²) in [5.41, 5.74) is 4.62. The number of nitrogens with one attached hydrogen (secondary N) is 3. The SMILES string of the molecule is O=C(NCCO)c1ccc(Nc2cc(-c3cccc(CC(=O)N4Cc5ccccc5C4)c3)n[nH]c2=O)nc1. The minimum Gasteiger partial charge on any atom is -0.395 e. The lowest BCUT2D eigenvalue weighted by atomic mass is 10.0. The Hall–Kier alpha value is -4.83. The maximum atomic E-state index is 13.0. The van der Waals surface area contributed by atoms with Crippen LogP contribution >= 0.6 is 0 Å². The van der Waals surface area contributed by atoms with E-state index in [0.29, 0.717) is 30.2 Å². The van der Waals surface area contributed by atoms with Gasteiger partial charge in [-0.15, -0.1) is 0 Å². The normalized spacial score (nSPS) is 12.2. The van der Waals surface area contributed by atoms with E-state index in [-0.39, 0.29) is 37.1 Å². The number of H-pyrrole nitrogens is 1. The first-order chi connectivity index (χ1) is 18.5. The number of rotatable bonds is 8. The summed E-state index contributed by atoms with van der Waals surface area (Å²) in [6.45, 7) is 1.23. The van der Waals surface area contributed by atoms with E-state index in [0.717, 1.165) is 11.1 Å². The van der Waals surface area contributed by atoms with Crippen LogP contribution in [0.15, 0.2) is 77.7 Å². The minimum absolute atomic E-state index is 0.0506. The molecule has 0 radical (unpaired) electrons. The van der Waals surface area contributed by atoms with Crippen LogP contribution in [0.3, 0.4) is 0 Å². The quantitative estimate of drug-likeness (QED) is 0.285. The zero-order valence-corrected chi connectivity index (χ0v) is 20.5. The van der Waals surface area contributed by atoms with E-state index >= 15 is 0 Å². The molecule has 0 fully saturated rings. The Morgan fingerprint density at radius 2 is 1.79 bits per heavy atom. The predicted octanol–water partition coefficient (Wildman–Crippen LogP) is 2.38. The van der Waals surface area contributed by atoms with Crippen LogP contribution in [0, 0.1) is 0 Å². The Balaban J connectivity index is 1.28. The maximum absolute atomic E-state index is 13.0. The van der Waals surface area contributed by atoms with Gasteiger partial charge in [-0.25, -0.2) is 10.1 Å². The van der Waals surface area contributed by atoms with Gasteiger partial charge in [0.15, 0.2) is 0 Å². The molecular formula is C28H26N6O4. The van der Waals surface area contributed by atoms with E-state index in [2.05, 4.69) is 37.9 Å². The van der Waals surface area contributed by atoms with Crippen molar-refractivity contribution in [1.29, 1.82) is 0 Å². The third kappa shape index (κ3) is 5.60. The second-order valence-electron chi connectivity index (χ2n) is 8.93. The van der Waals surface area contributed by atoms with E-state index in [1.165, 1.54) is 17.3 Å². The highest BCUT2D eigenvalue weighted by atomic mass is 16.3. The van der Waals surface area contributed by atoms with Gasteiger partial charge >= 0.3 is 0 Å². The van der Waals surface area contributed by atoms with Gasteiger partial charge in [-0.1, -0.05) is 42.5 Å². The summed E-state index contributed by atoms with van der Waals surface area (Å²) in [6.07, 6.45) is 1.64. The zero-order valence-electron chi connectivity index (χ0n) is 20.5. The van der Waals surface area contributed by atoms with E-state index < -0.39 is 5.56 Å². The number of carbonyl (C=O) groups is 2. The molecule has 0 aliphatic carbocycles. The minimum atomic E-state index is -0.430. The lowest BCUT2D eigenvalue weighted by Gasteiger charge is -2.15. The zero-order chi connectivity index (χ0) is 26.5. The molecule has 1 aliphatic heterocycles. The van der Waals surface area contributed by atoms with Gasteiger partial charge < -0.3 is 20.6 Å². The predicted molar refractivity (Wildman–Crippen MR) is 142 cm³/mol. The molecule has 10 heteroatoms. The highest BCUT2D eigenvalue weighted by Gasteiger charge is 2.23. The molecule has 5 rings (SSSR count). The molecule has 2 aromatic carbocycles. The topological polar surface area (TPSA) is 140 Å². The van der Waals surface area contributed by atoms with Gasteiger partial charge in [-0.05, 0) is 41.0 Å². The maximum Gasteiger partial charge on any atom is 0.287 e. The molecule has 0 unspecified atom stereocenters. The van der Waals surface area contributed by atoms with Gasteiger partial charge in [0.25, 0.3) is 11.5 Å². The highest BCUT2D eigenvalue weighted by molar-refractivity contribution is 5.94. The molecule has 38 heavy (non-hydrogen) atoms. The molecule has 1 aliphatic rings. The summed E-state index contributed by atoms with van der Waals surface area (Å²) < 4.78 is 0. The second kappa shape index (κ2) is 11.1. The Labute approximate surface area is 218 Å². The van der Waals surface area contributed by atoms with Crippen molar-refractivity contribution in [2.45, 2.75) is 19.5 Å². The largest absolute Gasteiger partial charge is 0.395 e.